The molecule has 0 heterocycles. The molecule has 0 radical (unpaired) electrons. The zero-order valence-corrected chi connectivity index (χ0v) is 12.0. The van der Waals surface area contributed by atoms with E-state index >= 15 is 0 Å². The topological polar surface area (TPSA) is 47.6 Å². The maximum Gasteiger partial charge on any atom is 0.258 e. The fourth-order valence-electron chi connectivity index (χ4n) is 1.80. The summed E-state index contributed by atoms with van der Waals surface area (Å²) in [6.45, 7) is 3.07. The zero-order chi connectivity index (χ0) is 14.9. The zero-order valence-electron chi connectivity index (χ0n) is 12.0. The summed E-state index contributed by atoms with van der Waals surface area (Å²) in [5, 5.41) is 2.81. The molecule has 4 nitrogen and oxygen atoms in total. The van der Waals surface area contributed by atoms with Crippen molar-refractivity contribution < 1.29 is 14.3 Å². The molecule has 0 fully saturated rings. The van der Waals surface area contributed by atoms with Crippen LogP contribution in [0.3, 0.4) is 0 Å². The fraction of sp³-hybridized carbons (Fsp3) is 0.235. The molecule has 4 heteroatoms. The van der Waals surface area contributed by atoms with Crippen molar-refractivity contribution in [1.29, 1.82) is 0 Å². The number of nitrogens with one attached hydrogen (secondary N) is 1. The van der Waals surface area contributed by atoms with E-state index in [0.29, 0.717) is 18.9 Å². The largest absolute Gasteiger partial charge is 0.494 e. The molecule has 110 valence electrons. The van der Waals surface area contributed by atoms with Crippen molar-refractivity contribution in [3.05, 3.63) is 60.2 Å². The van der Waals surface area contributed by atoms with Gasteiger partial charge in [-0.15, -0.1) is 0 Å². The van der Waals surface area contributed by atoms with E-state index in [1.807, 2.05) is 49.4 Å². The molecule has 0 saturated heterocycles. The molecule has 1 N–H and O–H groups in total. The number of rotatable bonds is 7. The highest BCUT2D eigenvalue weighted by atomic mass is 16.5. The maximum atomic E-state index is 11.7. The van der Waals surface area contributed by atoms with Gasteiger partial charge in [0.15, 0.2) is 6.61 Å². The lowest BCUT2D eigenvalue weighted by molar-refractivity contribution is -0.123. The van der Waals surface area contributed by atoms with Crippen molar-refractivity contribution in [2.45, 2.75) is 13.5 Å². The third-order valence-corrected chi connectivity index (χ3v) is 2.84. The Labute approximate surface area is 124 Å². The van der Waals surface area contributed by atoms with E-state index in [9.17, 15) is 4.79 Å². The highest BCUT2D eigenvalue weighted by molar-refractivity contribution is 5.77. The van der Waals surface area contributed by atoms with Gasteiger partial charge in [-0.2, -0.15) is 0 Å². The molecule has 2 aromatic rings. The minimum absolute atomic E-state index is 0.000809. The number of hydrogen-bond acceptors (Lipinski definition) is 3. The molecular formula is C17H19NO3. The molecule has 0 unspecified atom stereocenters. The van der Waals surface area contributed by atoms with Crippen LogP contribution in [0.2, 0.25) is 0 Å². The smallest absolute Gasteiger partial charge is 0.258 e. The second kappa shape index (κ2) is 7.94. The van der Waals surface area contributed by atoms with Gasteiger partial charge < -0.3 is 14.8 Å². The van der Waals surface area contributed by atoms with Crippen LogP contribution in [0.1, 0.15) is 12.5 Å². The van der Waals surface area contributed by atoms with Crippen LogP contribution in [0.5, 0.6) is 11.5 Å². The van der Waals surface area contributed by atoms with Gasteiger partial charge in [0, 0.05) is 6.54 Å². The predicted octanol–water partition coefficient (Wildman–Crippen LogP) is 2.78. The van der Waals surface area contributed by atoms with Crippen molar-refractivity contribution in [3.8, 4) is 11.5 Å². The van der Waals surface area contributed by atoms with Crippen LogP contribution >= 0.6 is 0 Å². The summed E-state index contributed by atoms with van der Waals surface area (Å²) in [5.41, 5.74) is 1.06. The monoisotopic (exact) mass is 285 g/mol. The van der Waals surface area contributed by atoms with E-state index in [2.05, 4.69) is 5.32 Å². The average Bonchev–Trinajstić information content (AvgIpc) is 2.53. The molecule has 2 rings (SSSR count). The van der Waals surface area contributed by atoms with E-state index in [0.717, 1.165) is 11.3 Å². The first kappa shape index (κ1) is 14.9. The summed E-state index contributed by atoms with van der Waals surface area (Å²) in [7, 11) is 0. The number of carbonyl (C=O) groups excluding carboxylic acids is 1. The molecule has 0 spiro atoms. The van der Waals surface area contributed by atoms with E-state index in [1.165, 1.54) is 0 Å². The standard InChI is InChI=1S/C17H19NO3/c1-2-20-15-8-10-16(11-9-15)21-13-17(19)18-12-14-6-4-3-5-7-14/h3-11H,2,12-13H2,1H3,(H,18,19). The van der Waals surface area contributed by atoms with Gasteiger partial charge in [-0.1, -0.05) is 30.3 Å². The van der Waals surface area contributed by atoms with Gasteiger partial charge in [0.1, 0.15) is 11.5 Å². The van der Waals surface area contributed by atoms with E-state index in [4.69, 9.17) is 9.47 Å². The third-order valence-electron chi connectivity index (χ3n) is 2.84. The Kier molecular flexibility index (Phi) is 5.64. The molecule has 0 aromatic heterocycles. The first-order valence-electron chi connectivity index (χ1n) is 6.94. The second-order valence-corrected chi connectivity index (χ2v) is 4.46. The minimum Gasteiger partial charge on any atom is -0.494 e. The molecule has 0 bridgehead atoms. The highest BCUT2D eigenvalue weighted by Gasteiger charge is 2.03. The van der Waals surface area contributed by atoms with Crippen LogP contribution in [0.25, 0.3) is 0 Å². The summed E-state index contributed by atoms with van der Waals surface area (Å²) < 4.78 is 10.8. The summed E-state index contributed by atoms with van der Waals surface area (Å²) in [4.78, 5) is 11.7. The van der Waals surface area contributed by atoms with Crippen molar-refractivity contribution in [3.63, 3.8) is 0 Å². The van der Waals surface area contributed by atoms with Crippen LogP contribution in [0.4, 0.5) is 0 Å². The second-order valence-electron chi connectivity index (χ2n) is 4.46. The van der Waals surface area contributed by atoms with Gasteiger partial charge in [-0.3, -0.25) is 4.79 Å². The quantitative estimate of drug-likeness (QED) is 0.851. The SMILES string of the molecule is CCOc1ccc(OCC(=O)NCc2ccccc2)cc1. The number of hydrogen-bond donors (Lipinski definition) is 1. The Balaban J connectivity index is 1.73. The van der Waals surface area contributed by atoms with Crippen LogP contribution < -0.4 is 14.8 Å². The lowest BCUT2D eigenvalue weighted by atomic mass is 10.2. The van der Waals surface area contributed by atoms with Crippen molar-refractivity contribution >= 4 is 5.91 Å². The molecule has 0 aliphatic heterocycles. The average molecular weight is 285 g/mol. The molecule has 0 atom stereocenters. The molecule has 0 saturated carbocycles. The summed E-state index contributed by atoms with van der Waals surface area (Å²) in [6, 6.07) is 17.0. The van der Waals surface area contributed by atoms with Gasteiger partial charge >= 0.3 is 0 Å². The number of carbonyl (C=O) groups is 1. The number of amides is 1. The first-order chi connectivity index (χ1) is 10.3. The first-order valence-corrected chi connectivity index (χ1v) is 6.94. The van der Waals surface area contributed by atoms with Crippen LogP contribution in [0, 0.1) is 0 Å². The van der Waals surface area contributed by atoms with Crippen molar-refractivity contribution in [1.82, 2.24) is 5.32 Å². The maximum absolute atomic E-state index is 11.7. The minimum atomic E-state index is -0.146. The van der Waals surface area contributed by atoms with Crippen molar-refractivity contribution in [2.24, 2.45) is 0 Å². The Morgan fingerprint density at radius 3 is 2.19 bits per heavy atom. The lowest BCUT2D eigenvalue weighted by Crippen LogP contribution is -2.28. The molecule has 0 aliphatic carbocycles. The third kappa shape index (κ3) is 5.18. The summed E-state index contributed by atoms with van der Waals surface area (Å²) in [5.74, 6) is 1.29. The number of benzene rings is 2. The van der Waals surface area contributed by atoms with Gasteiger partial charge in [-0.05, 0) is 36.8 Å². The van der Waals surface area contributed by atoms with Crippen molar-refractivity contribution in [2.75, 3.05) is 13.2 Å². The Bertz CT molecular complexity index is 552. The van der Waals surface area contributed by atoms with E-state index < -0.39 is 0 Å². The molecule has 0 aliphatic rings. The van der Waals surface area contributed by atoms with E-state index in [-0.39, 0.29) is 12.5 Å². The van der Waals surface area contributed by atoms with Crippen LogP contribution in [-0.4, -0.2) is 19.1 Å². The summed E-state index contributed by atoms with van der Waals surface area (Å²) >= 11 is 0. The molecule has 1 amide bonds. The van der Waals surface area contributed by atoms with Gasteiger partial charge in [0.2, 0.25) is 0 Å². The van der Waals surface area contributed by atoms with Gasteiger partial charge in [0.25, 0.3) is 5.91 Å². The van der Waals surface area contributed by atoms with Crippen LogP contribution in [0.15, 0.2) is 54.6 Å². The van der Waals surface area contributed by atoms with Crippen LogP contribution in [-0.2, 0) is 11.3 Å². The Morgan fingerprint density at radius 2 is 1.57 bits per heavy atom. The molecule has 2 aromatic carbocycles. The van der Waals surface area contributed by atoms with Gasteiger partial charge in [0.05, 0.1) is 6.61 Å². The fourth-order valence-corrected chi connectivity index (χ4v) is 1.80. The molecule has 21 heavy (non-hydrogen) atoms. The van der Waals surface area contributed by atoms with E-state index in [1.54, 1.807) is 12.1 Å². The highest BCUT2D eigenvalue weighted by Crippen LogP contribution is 2.17. The normalized spacial score (nSPS) is 9.95. The Hall–Kier alpha value is -2.49. The number of ether oxygens (including phenoxy) is 2. The predicted molar refractivity (Wildman–Crippen MR) is 81.4 cm³/mol. The molecular weight excluding hydrogens is 266 g/mol. The lowest BCUT2D eigenvalue weighted by Gasteiger charge is -2.08. The van der Waals surface area contributed by atoms with Gasteiger partial charge in [-0.25, -0.2) is 0 Å². The summed E-state index contributed by atoms with van der Waals surface area (Å²) in [6.07, 6.45) is 0. The Morgan fingerprint density at radius 1 is 0.952 bits per heavy atom.